The van der Waals surface area contributed by atoms with Crippen LogP contribution < -0.4 is 4.74 Å². The van der Waals surface area contributed by atoms with Crippen LogP contribution in [-0.4, -0.2) is 23.3 Å². The Kier molecular flexibility index (Phi) is 4.30. The van der Waals surface area contributed by atoms with Gasteiger partial charge in [-0.3, -0.25) is 4.98 Å². The standard InChI is InChI=1S/C13H21NO2/c1-13(2,3)12(15)8-7-10-11(16-4)6-5-9-14-10/h5-6,9,12,15H,7-8H2,1-4H3. The highest BCUT2D eigenvalue weighted by atomic mass is 16.5. The predicted molar refractivity (Wildman–Crippen MR) is 64.6 cm³/mol. The molecule has 0 radical (unpaired) electrons. The van der Waals surface area contributed by atoms with Gasteiger partial charge in [0.1, 0.15) is 5.75 Å². The molecule has 0 fully saturated rings. The van der Waals surface area contributed by atoms with Crippen LogP contribution in [0.1, 0.15) is 32.9 Å². The van der Waals surface area contributed by atoms with Crippen LogP contribution in [0.2, 0.25) is 0 Å². The maximum absolute atomic E-state index is 9.94. The van der Waals surface area contributed by atoms with Crippen molar-refractivity contribution in [3.63, 3.8) is 0 Å². The molecule has 1 heterocycles. The quantitative estimate of drug-likeness (QED) is 0.852. The van der Waals surface area contributed by atoms with E-state index >= 15 is 0 Å². The third-order valence-electron chi connectivity index (χ3n) is 2.72. The lowest BCUT2D eigenvalue weighted by atomic mass is 9.86. The van der Waals surface area contributed by atoms with Gasteiger partial charge in [0, 0.05) is 6.20 Å². The zero-order valence-electron chi connectivity index (χ0n) is 10.5. The number of aryl methyl sites for hydroxylation is 1. The van der Waals surface area contributed by atoms with Crippen LogP contribution in [0.25, 0.3) is 0 Å². The fraction of sp³-hybridized carbons (Fsp3) is 0.615. The minimum absolute atomic E-state index is 0.0813. The second-order valence-corrected chi connectivity index (χ2v) is 5.07. The first-order chi connectivity index (χ1) is 7.45. The van der Waals surface area contributed by atoms with Gasteiger partial charge in [0.25, 0.3) is 0 Å². The molecule has 0 bridgehead atoms. The summed E-state index contributed by atoms with van der Waals surface area (Å²) in [4.78, 5) is 4.27. The van der Waals surface area contributed by atoms with E-state index in [0.717, 1.165) is 17.9 Å². The summed E-state index contributed by atoms with van der Waals surface area (Å²) in [6.07, 6.45) is 2.87. The molecule has 16 heavy (non-hydrogen) atoms. The molecular weight excluding hydrogens is 202 g/mol. The number of rotatable bonds is 4. The highest BCUT2D eigenvalue weighted by molar-refractivity contribution is 5.26. The Labute approximate surface area is 97.5 Å². The molecule has 1 aromatic rings. The number of ether oxygens (including phenoxy) is 1. The molecule has 1 atom stereocenters. The molecule has 0 saturated carbocycles. The fourth-order valence-corrected chi connectivity index (χ4v) is 1.50. The minimum Gasteiger partial charge on any atom is -0.495 e. The summed E-state index contributed by atoms with van der Waals surface area (Å²) < 4.78 is 5.22. The molecule has 1 unspecified atom stereocenters. The number of pyridine rings is 1. The Morgan fingerprint density at radius 1 is 1.44 bits per heavy atom. The predicted octanol–water partition coefficient (Wildman–Crippen LogP) is 2.43. The van der Waals surface area contributed by atoms with Crippen LogP contribution in [0, 0.1) is 5.41 Å². The Bertz CT molecular complexity index is 331. The van der Waals surface area contributed by atoms with Crippen molar-refractivity contribution in [2.24, 2.45) is 5.41 Å². The van der Waals surface area contributed by atoms with Gasteiger partial charge in [-0.2, -0.15) is 0 Å². The maximum Gasteiger partial charge on any atom is 0.140 e. The number of nitrogens with zero attached hydrogens (tertiary/aromatic N) is 1. The number of aliphatic hydroxyl groups excluding tert-OH is 1. The monoisotopic (exact) mass is 223 g/mol. The lowest BCUT2D eigenvalue weighted by Crippen LogP contribution is -2.26. The zero-order valence-corrected chi connectivity index (χ0v) is 10.5. The summed E-state index contributed by atoms with van der Waals surface area (Å²) >= 11 is 0. The first kappa shape index (κ1) is 13.0. The highest BCUT2D eigenvalue weighted by Crippen LogP contribution is 2.24. The Hall–Kier alpha value is -1.09. The van der Waals surface area contributed by atoms with E-state index < -0.39 is 0 Å². The number of hydrogen-bond donors (Lipinski definition) is 1. The first-order valence-corrected chi connectivity index (χ1v) is 5.61. The molecule has 1 rings (SSSR count). The van der Waals surface area contributed by atoms with Crippen molar-refractivity contribution in [3.05, 3.63) is 24.0 Å². The second-order valence-electron chi connectivity index (χ2n) is 5.07. The van der Waals surface area contributed by atoms with Crippen molar-refractivity contribution in [1.82, 2.24) is 4.98 Å². The molecule has 0 aromatic carbocycles. The van der Waals surface area contributed by atoms with E-state index in [1.165, 1.54) is 0 Å². The zero-order chi connectivity index (χ0) is 12.2. The SMILES string of the molecule is COc1cccnc1CCC(O)C(C)(C)C. The summed E-state index contributed by atoms with van der Waals surface area (Å²) in [6.45, 7) is 6.11. The van der Waals surface area contributed by atoms with Gasteiger partial charge in [-0.25, -0.2) is 0 Å². The number of aliphatic hydroxyl groups is 1. The van der Waals surface area contributed by atoms with Gasteiger partial charge in [0.05, 0.1) is 18.9 Å². The van der Waals surface area contributed by atoms with Crippen LogP contribution in [0.3, 0.4) is 0 Å². The summed E-state index contributed by atoms with van der Waals surface area (Å²) in [5, 5.41) is 9.94. The van der Waals surface area contributed by atoms with Gasteiger partial charge in [0.15, 0.2) is 0 Å². The number of hydrogen-bond acceptors (Lipinski definition) is 3. The molecule has 0 saturated heterocycles. The average molecular weight is 223 g/mol. The van der Waals surface area contributed by atoms with Crippen LogP contribution in [0.4, 0.5) is 0 Å². The molecule has 90 valence electrons. The Morgan fingerprint density at radius 2 is 2.12 bits per heavy atom. The first-order valence-electron chi connectivity index (χ1n) is 5.61. The van der Waals surface area contributed by atoms with E-state index in [2.05, 4.69) is 4.98 Å². The summed E-state index contributed by atoms with van der Waals surface area (Å²) in [7, 11) is 1.64. The third kappa shape index (κ3) is 3.49. The van der Waals surface area contributed by atoms with Gasteiger partial charge in [-0.1, -0.05) is 20.8 Å². The molecule has 0 aliphatic heterocycles. The molecule has 0 aliphatic rings. The van der Waals surface area contributed by atoms with Crippen molar-refractivity contribution < 1.29 is 9.84 Å². The maximum atomic E-state index is 9.94. The molecule has 3 nitrogen and oxygen atoms in total. The molecular formula is C13H21NO2. The van der Waals surface area contributed by atoms with E-state index in [1.54, 1.807) is 13.3 Å². The summed E-state index contributed by atoms with van der Waals surface area (Å²) in [6, 6.07) is 3.74. The topological polar surface area (TPSA) is 42.4 Å². The number of aromatic nitrogens is 1. The summed E-state index contributed by atoms with van der Waals surface area (Å²) in [5.41, 5.74) is 0.829. The van der Waals surface area contributed by atoms with E-state index in [9.17, 15) is 5.11 Å². The highest BCUT2D eigenvalue weighted by Gasteiger charge is 2.22. The van der Waals surface area contributed by atoms with Gasteiger partial charge >= 0.3 is 0 Å². The summed E-state index contributed by atoms with van der Waals surface area (Å²) in [5.74, 6) is 0.795. The van der Waals surface area contributed by atoms with E-state index in [0.29, 0.717) is 6.42 Å². The number of methoxy groups -OCH3 is 1. The smallest absolute Gasteiger partial charge is 0.140 e. The lowest BCUT2D eigenvalue weighted by molar-refractivity contribution is 0.0556. The van der Waals surface area contributed by atoms with Crippen LogP contribution in [0.5, 0.6) is 5.75 Å². The van der Waals surface area contributed by atoms with Crippen molar-refractivity contribution >= 4 is 0 Å². The molecule has 1 aromatic heterocycles. The van der Waals surface area contributed by atoms with Crippen LogP contribution in [-0.2, 0) is 6.42 Å². The molecule has 0 amide bonds. The fourth-order valence-electron chi connectivity index (χ4n) is 1.50. The molecule has 3 heteroatoms. The lowest BCUT2D eigenvalue weighted by Gasteiger charge is -2.25. The van der Waals surface area contributed by atoms with Crippen molar-refractivity contribution in [2.75, 3.05) is 7.11 Å². The van der Waals surface area contributed by atoms with Crippen molar-refractivity contribution in [1.29, 1.82) is 0 Å². The second kappa shape index (κ2) is 5.30. The van der Waals surface area contributed by atoms with Gasteiger partial charge in [-0.15, -0.1) is 0 Å². The van der Waals surface area contributed by atoms with Gasteiger partial charge in [0.2, 0.25) is 0 Å². The van der Waals surface area contributed by atoms with E-state index in [4.69, 9.17) is 4.74 Å². The molecule has 0 spiro atoms. The Balaban J connectivity index is 2.61. The average Bonchev–Trinajstić information content (AvgIpc) is 2.24. The van der Waals surface area contributed by atoms with E-state index in [-0.39, 0.29) is 11.5 Å². The van der Waals surface area contributed by atoms with Crippen LogP contribution in [0.15, 0.2) is 18.3 Å². The van der Waals surface area contributed by atoms with Gasteiger partial charge < -0.3 is 9.84 Å². The van der Waals surface area contributed by atoms with E-state index in [1.807, 2.05) is 32.9 Å². The molecule has 1 N–H and O–H groups in total. The Morgan fingerprint density at radius 3 is 2.69 bits per heavy atom. The largest absolute Gasteiger partial charge is 0.495 e. The molecule has 0 aliphatic carbocycles. The normalized spacial score (nSPS) is 13.6. The van der Waals surface area contributed by atoms with Crippen molar-refractivity contribution in [2.45, 2.75) is 39.7 Å². The minimum atomic E-state index is -0.320. The third-order valence-corrected chi connectivity index (χ3v) is 2.72. The van der Waals surface area contributed by atoms with Gasteiger partial charge in [-0.05, 0) is 30.4 Å². The van der Waals surface area contributed by atoms with Crippen molar-refractivity contribution in [3.8, 4) is 5.75 Å². The van der Waals surface area contributed by atoms with Crippen LogP contribution >= 0.6 is 0 Å².